The van der Waals surface area contributed by atoms with Gasteiger partial charge < -0.3 is 10.2 Å². The van der Waals surface area contributed by atoms with E-state index in [1.807, 2.05) is 39.1 Å². The van der Waals surface area contributed by atoms with Crippen molar-refractivity contribution in [2.75, 3.05) is 36.4 Å². The largest absolute Gasteiger partial charge is 0.368 e. The number of rotatable bonds is 4. The van der Waals surface area contributed by atoms with Gasteiger partial charge >= 0.3 is 0 Å². The average Bonchev–Trinajstić information content (AvgIpc) is 2.63. The number of anilines is 2. The predicted octanol–water partition coefficient (Wildman–Crippen LogP) is 3.39. The molecule has 0 spiro atoms. The lowest BCUT2D eigenvalue weighted by Gasteiger charge is -2.36. The summed E-state index contributed by atoms with van der Waals surface area (Å²) < 4.78 is 0. The summed E-state index contributed by atoms with van der Waals surface area (Å²) in [6.45, 7) is 10.7. The molecule has 1 fully saturated rings. The molecule has 0 radical (unpaired) electrons. The zero-order chi connectivity index (χ0) is 18.6. The summed E-state index contributed by atoms with van der Waals surface area (Å²) in [7, 11) is 0. The molecule has 5 heteroatoms. The molecule has 1 amide bonds. The normalized spacial score (nSPS) is 15.7. The van der Waals surface area contributed by atoms with Crippen molar-refractivity contribution in [1.82, 2.24) is 9.88 Å². The molecule has 26 heavy (non-hydrogen) atoms. The molecule has 0 atom stereocenters. The standard InChI is InChI=1S/C21H28N4O/c1-21(2,3)20(26)23-19-10-9-18(15-22-19)25-13-11-24(12-14-25)16-17-7-5-4-6-8-17/h4-10,15H,11-14,16H2,1-3H3,(H,22,23,26). The second-order valence-corrected chi connectivity index (χ2v) is 7.85. The van der Waals surface area contributed by atoms with Gasteiger partial charge in [-0.25, -0.2) is 4.98 Å². The number of hydrogen-bond donors (Lipinski definition) is 1. The van der Waals surface area contributed by atoms with Crippen molar-refractivity contribution in [2.45, 2.75) is 27.3 Å². The highest BCUT2D eigenvalue weighted by molar-refractivity contribution is 5.93. The van der Waals surface area contributed by atoms with E-state index in [9.17, 15) is 4.79 Å². The Morgan fingerprint density at radius 1 is 1.04 bits per heavy atom. The second-order valence-electron chi connectivity index (χ2n) is 7.85. The highest BCUT2D eigenvalue weighted by Crippen LogP contribution is 2.20. The van der Waals surface area contributed by atoms with Crippen LogP contribution in [-0.2, 0) is 11.3 Å². The number of hydrogen-bond acceptors (Lipinski definition) is 4. The van der Waals surface area contributed by atoms with E-state index >= 15 is 0 Å². The van der Waals surface area contributed by atoms with Gasteiger partial charge in [-0.2, -0.15) is 0 Å². The maximum atomic E-state index is 12.0. The molecule has 2 heterocycles. The van der Waals surface area contributed by atoms with Gasteiger partial charge in [-0.3, -0.25) is 9.69 Å². The van der Waals surface area contributed by atoms with E-state index < -0.39 is 5.41 Å². The van der Waals surface area contributed by atoms with Gasteiger partial charge in [0.25, 0.3) is 0 Å². The molecule has 1 aromatic carbocycles. The summed E-state index contributed by atoms with van der Waals surface area (Å²) in [4.78, 5) is 21.3. The van der Waals surface area contributed by atoms with Crippen LogP contribution in [0.2, 0.25) is 0 Å². The topological polar surface area (TPSA) is 48.5 Å². The van der Waals surface area contributed by atoms with Gasteiger partial charge in [-0.1, -0.05) is 51.1 Å². The van der Waals surface area contributed by atoms with Crippen LogP contribution in [0.5, 0.6) is 0 Å². The summed E-state index contributed by atoms with van der Waals surface area (Å²) in [6, 6.07) is 14.5. The van der Waals surface area contributed by atoms with E-state index in [1.165, 1.54) is 5.56 Å². The van der Waals surface area contributed by atoms with Crippen LogP contribution in [0.25, 0.3) is 0 Å². The van der Waals surface area contributed by atoms with Crippen molar-refractivity contribution < 1.29 is 4.79 Å². The fourth-order valence-electron chi connectivity index (χ4n) is 2.96. The van der Waals surface area contributed by atoms with Crippen molar-refractivity contribution in [3.63, 3.8) is 0 Å². The third-order valence-electron chi connectivity index (χ3n) is 4.66. The van der Waals surface area contributed by atoms with Crippen molar-refractivity contribution in [2.24, 2.45) is 5.41 Å². The summed E-state index contributed by atoms with van der Waals surface area (Å²) >= 11 is 0. The smallest absolute Gasteiger partial charge is 0.230 e. The van der Waals surface area contributed by atoms with Crippen LogP contribution in [-0.4, -0.2) is 42.0 Å². The number of piperazine rings is 1. The van der Waals surface area contributed by atoms with Gasteiger partial charge in [-0.15, -0.1) is 0 Å². The molecular formula is C21H28N4O. The number of nitrogens with zero attached hydrogens (tertiary/aromatic N) is 3. The van der Waals surface area contributed by atoms with Crippen molar-refractivity contribution in [3.05, 3.63) is 54.2 Å². The van der Waals surface area contributed by atoms with Gasteiger partial charge in [0.2, 0.25) is 5.91 Å². The molecule has 1 N–H and O–H groups in total. The first kappa shape index (κ1) is 18.4. The van der Waals surface area contributed by atoms with Crippen molar-refractivity contribution >= 4 is 17.4 Å². The Bertz CT molecular complexity index is 714. The molecule has 1 aliphatic heterocycles. The van der Waals surface area contributed by atoms with E-state index in [2.05, 4.69) is 50.4 Å². The summed E-state index contributed by atoms with van der Waals surface area (Å²) in [6.07, 6.45) is 1.85. The van der Waals surface area contributed by atoms with E-state index in [0.717, 1.165) is 38.4 Å². The molecule has 5 nitrogen and oxygen atoms in total. The molecule has 0 aliphatic carbocycles. The molecule has 0 bridgehead atoms. The molecule has 2 aromatic rings. The third kappa shape index (κ3) is 4.82. The zero-order valence-electron chi connectivity index (χ0n) is 15.9. The van der Waals surface area contributed by atoms with E-state index in [-0.39, 0.29) is 5.91 Å². The van der Waals surface area contributed by atoms with Crippen molar-refractivity contribution in [1.29, 1.82) is 0 Å². The van der Waals surface area contributed by atoms with Crippen LogP contribution in [0, 0.1) is 5.41 Å². The van der Waals surface area contributed by atoms with E-state index in [4.69, 9.17) is 0 Å². The SMILES string of the molecule is CC(C)(C)C(=O)Nc1ccc(N2CCN(Cc3ccccc3)CC2)cn1. The summed E-state index contributed by atoms with van der Waals surface area (Å²) in [5.41, 5.74) is 2.05. The summed E-state index contributed by atoms with van der Waals surface area (Å²) in [5.74, 6) is 0.587. The number of carbonyl (C=O) groups excluding carboxylic acids is 1. The van der Waals surface area contributed by atoms with Crippen molar-refractivity contribution in [3.8, 4) is 0 Å². The lowest BCUT2D eigenvalue weighted by Crippen LogP contribution is -2.46. The Labute approximate surface area is 156 Å². The third-order valence-corrected chi connectivity index (χ3v) is 4.66. The lowest BCUT2D eigenvalue weighted by atomic mass is 9.96. The number of carbonyl (C=O) groups is 1. The van der Waals surface area contributed by atoms with Crippen LogP contribution in [0.3, 0.4) is 0 Å². The van der Waals surface area contributed by atoms with Crippen LogP contribution >= 0.6 is 0 Å². The van der Waals surface area contributed by atoms with Crippen LogP contribution in [0.1, 0.15) is 26.3 Å². The Morgan fingerprint density at radius 2 is 1.73 bits per heavy atom. The fraction of sp³-hybridized carbons (Fsp3) is 0.429. The number of nitrogens with one attached hydrogen (secondary N) is 1. The second kappa shape index (κ2) is 7.87. The maximum absolute atomic E-state index is 12.0. The van der Waals surface area contributed by atoms with Crippen LogP contribution in [0.4, 0.5) is 11.5 Å². The van der Waals surface area contributed by atoms with Gasteiger partial charge in [0.15, 0.2) is 0 Å². The highest BCUT2D eigenvalue weighted by atomic mass is 16.2. The zero-order valence-corrected chi connectivity index (χ0v) is 15.9. The van der Waals surface area contributed by atoms with E-state index in [0.29, 0.717) is 5.82 Å². The van der Waals surface area contributed by atoms with Crippen LogP contribution in [0.15, 0.2) is 48.7 Å². The number of aromatic nitrogens is 1. The fourth-order valence-corrected chi connectivity index (χ4v) is 2.96. The van der Waals surface area contributed by atoms with Gasteiger partial charge in [0, 0.05) is 38.1 Å². The molecule has 0 unspecified atom stereocenters. The predicted molar refractivity (Wildman–Crippen MR) is 106 cm³/mol. The van der Waals surface area contributed by atoms with Gasteiger partial charge in [0.1, 0.15) is 5.82 Å². The minimum Gasteiger partial charge on any atom is -0.368 e. The number of benzene rings is 1. The van der Waals surface area contributed by atoms with Crippen LogP contribution < -0.4 is 10.2 Å². The summed E-state index contributed by atoms with van der Waals surface area (Å²) in [5, 5.41) is 2.87. The first-order chi connectivity index (χ1) is 12.4. The minimum atomic E-state index is -0.421. The molecule has 0 saturated carbocycles. The average molecular weight is 352 g/mol. The Morgan fingerprint density at radius 3 is 2.31 bits per heavy atom. The molecule has 138 valence electrons. The molecule has 3 rings (SSSR count). The first-order valence-corrected chi connectivity index (χ1v) is 9.20. The molecule has 1 saturated heterocycles. The Kier molecular flexibility index (Phi) is 5.57. The molecular weight excluding hydrogens is 324 g/mol. The number of amides is 1. The maximum Gasteiger partial charge on any atom is 0.230 e. The highest BCUT2D eigenvalue weighted by Gasteiger charge is 2.22. The minimum absolute atomic E-state index is 0.0210. The Hall–Kier alpha value is -2.40. The first-order valence-electron chi connectivity index (χ1n) is 9.20. The monoisotopic (exact) mass is 352 g/mol. The molecule has 1 aromatic heterocycles. The lowest BCUT2D eigenvalue weighted by molar-refractivity contribution is -0.123. The van der Waals surface area contributed by atoms with Gasteiger partial charge in [0.05, 0.1) is 11.9 Å². The van der Waals surface area contributed by atoms with Gasteiger partial charge in [-0.05, 0) is 17.7 Å². The number of pyridine rings is 1. The Balaban J connectivity index is 1.52. The quantitative estimate of drug-likeness (QED) is 0.916. The van der Waals surface area contributed by atoms with E-state index in [1.54, 1.807) is 0 Å². The molecule has 1 aliphatic rings.